The molecule has 1 aliphatic heterocycles. The highest BCUT2D eigenvalue weighted by Crippen LogP contribution is 2.63. The number of anilines is 1. The van der Waals surface area contributed by atoms with Gasteiger partial charge in [-0.15, -0.1) is 4.67 Å². The first-order valence-corrected chi connectivity index (χ1v) is 16.7. The Morgan fingerprint density at radius 3 is 2.53 bits per heavy atom. The van der Waals surface area contributed by atoms with Gasteiger partial charge in [-0.1, -0.05) is 32.0 Å². The third-order valence-corrected chi connectivity index (χ3v) is 10.4. The van der Waals surface area contributed by atoms with Crippen LogP contribution in [0.3, 0.4) is 0 Å². The Morgan fingerprint density at radius 1 is 1.22 bits per heavy atom. The molecule has 1 saturated heterocycles. The van der Waals surface area contributed by atoms with E-state index in [0.29, 0.717) is 5.56 Å². The normalized spacial score (nSPS) is 19.7. The van der Waals surface area contributed by atoms with E-state index in [4.69, 9.17) is 14.0 Å². The molecule has 1 fully saturated rings. The van der Waals surface area contributed by atoms with Crippen molar-refractivity contribution in [3.05, 3.63) is 52.6 Å². The van der Waals surface area contributed by atoms with E-state index in [1.165, 1.54) is 6.33 Å². The number of fused-ring (bicyclic) bond motifs is 1. The van der Waals surface area contributed by atoms with Gasteiger partial charge in [-0.3, -0.25) is 24.5 Å². The van der Waals surface area contributed by atoms with Crippen LogP contribution in [-0.2, 0) is 18.8 Å². The molecular weight excluding hydrogens is 601 g/mol. The van der Waals surface area contributed by atoms with E-state index in [-0.39, 0.29) is 66.6 Å². The molecule has 1 aliphatic rings. The van der Waals surface area contributed by atoms with Gasteiger partial charge in [0.25, 0.3) is 5.56 Å². The van der Waals surface area contributed by atoms with Gasteiger partial charge in [0.2, 0.25) is 11.9 Å². The fourth-order valence-electron chi connectivity index (χ4n) is 5.36. The summed E-state index contributed by atoms with van der Waals surface area (Å²) in [6.45, 7) is 11.0. The highest BCUT2D eigenvalue weighted by atomic mass is 31.2. The number of imidazole rings is 1. The van der Waals surface area contributed by atoms with Gasteiger partial charge in [0, 0.05) is 24.4 Å². The summed E-state index contributed by atoms with van der Waals surface area (Å²) >= 11 is 0. The minimum atomic E-state index is -3.35. The fourth-order valence-corrected chi connectivity index (χ4v) is 8.29. The van der Waals surface area contributed by atoms with Crippen LogP contribution in [0.4, 0.5) is 5.95 Å². The maximum absolute atomic E-state index is 12.8. The molecule has 3 N–H and O–H groups in total. The maximum Gasteiger partial charge on any atom is 0.347 e. The zero-order valence-corrected chi connectivity index (χ0v) is 27.2. The number of aromatic amines is 1. The smallest absolute Gasteiger partial charge is 0.347 e. The molecule has 0 spiro atoms. The Bertz CT molecular complexity index is 1580. The first-order chi connectivity index (χ1) is 21.3. The summed E-state index contributed by atoms with van der Waals surface area (Å²) in [6.07, 6.45) is -0.589. The van der Waals surface area contributed by atoms with Crippen molar-refractivity contribution < 1.29 is 28.5 Å². The predicted octanol–water partition coefficient (Wildman–Crippen LogP) is 4.03. The van der Waals surface area contributed by atoms with Crippen LogP contribution in [0.1, 0.15) is 71.0 Å². The van der Waals surface area contributed by atoms with Gasteiger partial charge in [0.1, 0.15) is 31.2 Å². The molecule has 3 aromatic rings. The number of ether oxygens (including phenoxy) is 2. The first-order valence-electron chi connectivity index (χ1n) is 14.9. The number of amides is 1. The lowest BCUT2D eigenvalue weighted by Crippen LogP contribution is -2.41. The topological polar surface area (TPSA) is 185 Å². The Labute approximate surface area is 262 Å². The molecule has 1 amide bonds. The molecule has 242 valence electrons. The van der Waals surface area contributed by atoms with Crippen LogP contribution in [0, 0.1) is 17.2 Å². The van der Waals surface area contributed by atoms with Gasteiger partial charge in [-0.2, -0.15) is 14.8 Å². The molecule has 0 saturated carbocycles. The summed E-state index contributed by atoms with van der Waals surface area (Å²) in [4.78, 5) is 61.2. The van der Waals surface area contributed by atoms with Gasteiger partial charge < -0.3 is 9.47 Å². The lowest BCUT2D eigenvalue weighted by Gasteiger charge is -2.36. The van der Waals surface area contributed by atoms with Gasteiger partial charge in [0.05, 0.1) is 24.4 Å². The molecule has 4 rings (SSSR count). The van der Waals surface area contributed by atoms with Crippen molar-refractivity contribution >= 4 is 36.9 Å². The van der Waals surface area contributed by atoms with E-state index in [1.54, 1.807) is 48.7 Å². The van der Waals surface area contributed by atoms with Crippen LogP contribution in [0.2, 0.25) is 0 Å². The van der Waals surface area contributed by atoms with Gasteiger partial charge >= 0.3 is 13.8 Å². The predicted molar refractivity (Wildman–Crippen MR) is 168 cm³/mol. The van der Waals surface area contributed by atoms with Gasteiger partial charge in [-0.25, -0.2) is 14.7 Å². The summed E-state index contributed by atoms with van der Waals surface area (Å²) in [6, 6.07) is 10.5. The SMILES string of the molecule is CC(C)C(=O)Nc1nc2c(ncn2[C@H]2C[C@H](O[P+](O)(CCC#N)N(C(C)C)C(C)C)[C@@H](COC(=O)c3ccccc3)O2)c(=O)[nH]1. The number of nitrogens with one attached hydrogen (secondary N) is 2. The lowest BCUT2D eigenvalue weighted by atomic mass is 10.2. The Kier molecular flexibility index (Phi) is 11.1. The Morgan fingerprint density at radius 2 is 1.91 bits per heavy atom. The monoisotopic (exact) mass is 642 g/mol. The average Bonchev–Trinajstić information content (AvgIpc) is 3.58. The Hall–Kier alpha value is -3.73. The van der Waals surface area contributed by atoms with Crippen molar-refractivity contribution in [1.82, 2.24) is 24.2 Å². The highest BCUT2D eigenvalue weighted by molar-refractivity contribution is 7.63. The number of hydrogen-bond acceptors (Lipinski definition) is 11. The molecule has 45 heavy (non-hydrogen) atoms. The molecule has 3 heterocycles. The quantitative estimate of drug-likeness (QED) is 0.181. The van der Waals surface area contributed by atoms with Crippen molar-refractivity contribution in [2.24, 2.45) is 5.92 Å². The number of rotatable bonds is 13. The number of nitrogens with zero attached hydrogens (tertiary/aromatic N) is 5. The zero-order chi connectivity index (χ0) is 32.9. The number of benzene rings is 1. The van der Waals surface area contributed by atoms with Crippen molar-refractivity contribution in [3.63, 3.8) is 0 Å². The van der Waals surface area contributed by atoms with Crippen LogP contribution in [0.15, 0.2) is 41.5 Å². The van der Waals surface area contributed by atoms with Crippen LogP contribution in [-0.4, -0.2) is 78.0 Å². The molecule has 0 radical (unpaired) electrons. The second-order valence-corrected chi connectivity index (χ2v) is 14.2. The molecule has 14 nitrogen and oxygen atoms in total. The van der Waals surface area contributed by atoms with Crippen LogP contribution < -0.4 is 10.9 Å². The number of carbonyl (C=O) groups is 2. The number of H-pyrrole nitrogens is 1. The summed E-state index contributed by atoms with van der Waals surface area (Å²) in [7, 11) is -3.35. The molecule has 1 unspecified atom stereocenters. The van der Waals surface area contributed by atoms with E-state index in [2.05, 4.69) is 26.3 Å². The minimum Gasteiger partial charge on any atom is -0.459 e. The third-order valence-electron chi connectivity index (χ3n) is 7.32. The van der Waals surface area contributed by atoms with Crippen molar-refractivity contribution in [3.8, 4) is 6.07 Å². The molecule has 15 heteroatoms. The molecular formula is C30H41N7O7P+. The van der Waals surface area contributed by atoms with Crippen LogP contribution in [0.25, 0.3) is 11.2 Å². The lowest BCUT2D eigenvalue weighted by molar-refractivity contribution is -0.118. The average molecular weight is 643 g/mol. The summed E-state index contributed by atoms with van der Waals surface area (Å²) in [5.41, 5.74) is 0.0389. The second-order valence-electron chi connectivity index (χ2n) is 11.7. The molecule has 1 aromatic carbocycles. The van der Waals surface area contributed by atoms with Gasteiger partial charge in [0.15, 0.2) is 11.2 Å². The number of hydrogen-bond donors (Lipinski definition) is 3. The number of aromatic nitrogens is 4. The first kappa shape index (κ1) is 34.1. The molecule has 4 atom stereocenters. The van der Waals surface area contributed by atoms with Crippen molar-refractivity contribution in [1.29, 1.82) is 5.26 Å². The highest BCUT2D eigenvalue weighted by Gasteiger charge is 2.54. The minimum absolute atomic E-state index is 0.0339. The van der Waals surface area contributed by atoms with E-state index >= 15 is 0 Å². The second kappa shape index (κ2) is 14.6. The summed E-state index contributed by atoms with van der Waals surface area (Å²) in [5.74, 6) is -1.25. The fraction of sp³-hybridized carbons (Fsp3) is 0.533. The zero-order valence-electron chi connectivity index (χ0n) is 26.3. The van der Waals surface area contributed by atoms with E-state index < -0.39 is 37.8 Å². The molecule has 0 bridgehead atoms. The third kappa shape index (κ3) is 7.92. The number of carbonyl (C=O) groups excluding carboxylic acids is 2. The number of esters is 1. The number of nitriles is 1. The summed E-state index contributed by atoms with van der Waals surface area (Å²) < 4.78 is 22.0. The Balaban J connectivity index is 1.68. The van der Waals surface area contributed by atoms with E-state index in [9.17, 15) is 24.5 Å². The molecule has 0 aliphatic carbocycles. The summed E-state index contributed by atoms with van der Waals surface area (Å²) in [5, 5.41) is 12.0. The van der Waals surface area contributed by atoms with E-state index in [0.717, 1.165) is 0 Å². The molecule has 2 aromatic heterocycles. The van der Waals surface area contributed by atoms with Crippen molar-refractivity contribution in [2.45, 2.75) is 84.9 Å². The van der Waals surface area contributed by atoms with Crippen molar-refractivity contribution in [2.75, 3.05) is 18.1 Å². The van der Waals surface area contributed by atoms with Gasteiger partial charge in [-0.05, 0) is 39.8 Å². The van der Waals surface area contributed by atoms with Crippen LogP contribution >= 0.6 is 7.87 Å². The van der Waals surface area contributed by atoms with E-state index in [1.807, 2.05) is 32.4 Å². The largest absolute Gasteiger partial charge is 0.459 e. The standard InChI is InChI=1S/C30H40N7O7P/c1-18(2)27(38)34-30-33-26-25(28(39)35-30)32-17-36(26)24-15-22(23(43-24)16-42-29(40)21-11-8-7-9-12-21)44-45(41,14-10-13-31)37(19(3)4)20(5)6/h7-9,11-12,17-20,22-24,41H,10,14-16H2,1-6H3,(H-,33,34,35,38,39)/p+1/t22-,23+,24+,45?/m0/s1. The van der Waals surface area contributed by atoms with Crippen LogP contribution in [0.5, 0.6) is 0 Å². The maximum atomic E-state index is 12.8.